The van der Waals surface area contributed by atoms with Crippen LogP contribution in [-0.2, 0) is 6.42 Å². The quantitative estimate of drug-likeness (QED) is 0.844. The van der Waals surface area contributed by atoms with Crippen LogP contribution in [0, 0.1) is 12.8 Å². The van der Waals surface area contributed by atoms with Crippen LogP contribution in [-0.4, -0.2) is 18.1 Å². The van der Waals surface area contributed by atoms with E-state index in [9.17, 15) is 0 Å². The van der Waals surface area contributed by atoms with Crippen LogP contribution >= 0.6 is 11.6 Å². The highest BCUT2D eigenvalue weighted by atomic mass is 35.5. The second-order valence-electron chi connectivity index (χ2n) is 5.52. The first-order valence-electron chi connectivity index (χ1n) is 6.99. The minimum absolute atomic E-state index is 0.610. The number of benzene rings is 1. The highest BCUT2D eigenvalue weighted by molar-refractivity contribution is 6.30. The van der Waals surface area contributed by atoms with Crippen molar-refractivity contribution in [1.82, 2.24) is 10.3 Å². The minimum atomic E-state index is 0.610. The van der Waals surface area contributed by atoms with Crippen molar-refractivity contribution in [3.63, 3.8) is 0 Å². The topological polar surface area (TPSA) is 24.9 Å². The summed E-state index contributed by atoms with van der Waals surface area (Å²) in [5.74, 6) is 0.819. The van der Waals surface area contributed by atoms with E-state index in [1.165, 1.54) is 30.2 Å². The van der Waals surface area contributed by atoms with Gasteiger partial charge in [-0.1, -0.05) is 17.7 Å². The van der Waals surface area contributed by atoms with Crippen LogP contribution in [0.3, 0.4) is 0 Å². The van der Waals surface area contributed by atoms with Gasteiger partial charge in [-0.3, -0.25) is 0 Å². The lowest BCUT2D eigenvalue weighted by molar-refractivity contribution is 0.373. The Morgan fingerprint density at radius 3 is 2.84 bits per heavy atom. The molecule has 0 aliphatic carbocycles. The van der Waals surface area contributed by atoms with Gasteiger partial charge in [0.1, 0.15) is 5.15 Å². The molecule has 100 valence electrons. The Morgan fingerprint density at radius 1 is 1.26 bits per heavy atom. The van der Waals surface area contributed by atoms with Gasteiger partial charge in [-0.15, -0.1) is 0 Å². The first kappa shape index (κ1) is 12.9. The summed E-state index contributed by atoms with van der Waals surface area (Å²) in [5.41, 5.74) is 3.46. The van der Waals surface area contributed by atoms with Gasteiger partial charge in [0.2, 0.25) is 0 Å². The molecular weight excluding hydrogens is 256 g/mol. The lowest BCUT2D eigenvalue weighted by atomic mass is 9.90. The van der Waals surface area contributed by atoms with Crippen LogP contribution < -0.4 is 5.32 Å². The van der Waals surface area contributed by atoms with Crippen molar-refractivity contribution >= 4 is 22.5 Å². The van der Waals surface area contributed by atoms with Crippen molar-refractivity contribution in [3.8, 4) is 0 Å². The molecule has 3 rings (SSSR count). The molecule has 2 heterocycles. The van der Waals surface area contributed by atoms with Crippen molar-refractivity contribution < 1.29 is 0 Å². The largest absolute Gasteiger partial charge is 0.317 e. The molecular formula is C16H19ClN2. The molecule has 0 bridgehead atoms. The zero-order valence-electron chi connectivity index (χ0n) is 11.2. The highest BCUT2D eigenvalue weighted by Gasteiger charge is 2.13. The fraction of sp³-hybridized carbons (Fsp3) is 0.438. The third-order valence-electron chi connectivity index (χ3n) is 3.99. The molecule has 1 fully saturated rings. The van der Waals surface area contributed by atoms with Crippen LogP contribution in [0.25, 0.3) is 10.9 Å². The van der Waals surface area contributed by atoms with Crippen LogP contribution in [0.2, 0.25) is 5.15 Å². The molecule has 0 radical (unpaired) electrons. The molecule has 1 aromatic heterocycles. The number of fused-ring (bicyclic) bond motifs is 1. The first-order valence-corrected chi connectivity index (χ1v) is 7.36. The number of halogens is 1. The molecule has 1 N–H and O–H groups in total. The summed E-state index contributed by atoms with van der Waals surface area (Å²) < 4.78 is 0. The van der Waals surface area contributed by atoms with E-state index >= 15 is 0 Å². The highest BCUT2D eigenvalue weighted by Crippen LogP contribution is 2.24. The molecule has 2 nitrogen and oxygen atoms in total. The Balaban J connectivity index is 1.86. The molecule has 2 aromatic rings. The summed E-state index contributed by atoms with van der Waals surface area (Å²) in [5, 5.41) is 5.23. The van der Waals surface area contributed by atoms with E-state index < -0.39 is 0 Å². The first-order chi connectivity index (χ1) is 9.22. The Bertz CT molecular complexity index is 589. The molecule has 0 unspecified atom stereocenters. The van der Waals surface area contributed by atoms with Gasteiger partial charge in [0, 0.05) is 5.39 Å². The Kier molecular flexibility index (Phi) is 3.72. The zero-order chi connectivity index (χ0) is 13.2. The molecule has 0 saturated carbocycles. The molecule has 19 heavy (non-hydrogen) atoms. The maximum absolute atomic E-state index is 6.07. The molecule has 1 aromatic carbocycles. The van der Waals surface area contributed by atoms with Crippen LogP contribution in [0.15, 0.2) is 24.3 Å². The van der Waals surface area contributed by atoms with Gasteiger partial charge in [0.05, 0.1) is 5.52 Å². The zero-order valence-corrected chi connectivity index (χ0v) is 12.0. The van der Waals surface area contributed by atoms with Gasteiger partial charge in [-0.2, -0.15) is 0 Å². The summed E-state index contributed by atoms with van der Waals surface area (Å²) in [6, 6.07) is 8.70. The van der Waals surface area contributed by atoms with Crippen molar-refractivity contribution in [1.29, 1.82) is 0 Å². The third kappa shape index (κ3) is 2.90. The Hall–Kier alpha value is -1.12. The lowest BCUT2D eigenvalue weighted by Crippen LogP contribution is -2.28. The van der Waals surface area contributed by atoms with Crippen molar-refractivity contribution in [3.05, 3.63) is 40.5 Å². The van der Waals surface area contributed by atoms with Crippen LogP contribution in [0.5, 0.6) is 0 Å². The number of aromatic nitrogens is 1. The van der Waals surface area contributed by atoms with Crippen LogP contribution in [0.4, 0.5) is 0 Å². The number of pyridine rings is 1. The standard InChI is InChI=1S/C16H19ClN2/c1-11-8-14-10-13(2-3-15(14)19-16(11)17)9-12-4-6-18-7-5-12/h2-3,8,10,12,18H,4-7,9H2,1H3. The van der Waals surface area contributed by atoms with Gasteiger partial charge >= 0.3 is 0 Å². The normalized spacial score (nSPS) is 16.9. The Labute approximate surface area is 119 Å². The number of nitrogens with zero attached hydrogens (tertiary/aromatic N) is 1. The summed E-state index contributed by atoms with van der Waals surface area (Å²) in [7, 11) is 0. The number of piperidine rings is 1. The average Bonchev–Trinajstić information content (AvgIpc) is 2.42. The predicted octanol–water partition coefficient (Wildman–Crippen LogP) is 3.74. The van der Waals surface area contributed by atoms with Crippen LogP contribution in [0.1, 0.15) is 24.0 Å². The molecule has 1 saturated heterocycles. The second-order valence-corrected chi connectivity index (χ2v) is 5.88. The van der Waals surface area contributed by atoms with E-state index in [0.717, 1.165) is 30.1 Å². The third-order valence-corrected chi connectivity index (χ3v) is 4.37. The van der Waals surface area contributed by atoms with E-state index in [1.54, 1.807) is 0 Å². The van der Waals surface area contributed by atoms with E-state index in [-0.39, 0.29) is 0 Å². The summed E-state index contributed by atoms with van der Waals surface area (Å²) in [4.78, 5) is 4.42. The fourth-order valence-electron chi connectivity index (χ4n) is 2.85. The summed E-state index contributed by atoms with van der Waals surface area (Å²) >= 11 is 6.07. The molecule has 0 atom stereocenters. The van der Waals surface area contributed by atoms with Gasteiger partial charge in [-0.05, 0) is 74.5 Å². The fourth-order valence-corrected chi connectivity index (χ4v) is 3.00. The monoisotopic (exact) mass is 274 g/mol. The Morgan fingerprint density at radius 2 is 2.05 bits per heavy atom. The number of hydrogen-bond acceptors (Lipinski definition) is 2. The van der Waals surface area contributed by atoms with E-state index in [4.69, 9.17) is 11.6 Å². The smallest absolute Gasteiger partial charge is 0.132 e. The van der Waals surface area contributed by atoms with Crippen molar-refractivity contribution in [2.45, 2.75) is 26.2 Å². The lowest BCUT2D eigenvalue weighted by Gasteiger charge is -2.22. The number of hydrogen-bond donors (Lipinski definition) is 1. The van der Waals surface area contributed by atoms with E-state index in [0.29, 0.717) is 5.15 Å². The molecule has 3 heteroatoms. The summed E-state index contributed by atoms with van der Waals surface area (Å²) in [6.45, 7) is 4.33. The summed E-state index contributed by atoms with van der Waals surface area (Å²) in [6.07, 6.45) is 3.76. The van der Waals surface area contributed by atoms with Gasteiger partial charge < -0.3 is 5.32 Å². The van der Waals surface area contributed by atoms with Gasteiger partial charge in [0.15, 0.2) is 0 Å². The van der Waals surface area contributed by atoms with Gasteiger partial charge in [-0.25, -0.2) is 4.98 Å². The average molecular weight is 275 g/mol. The van der Waals surface area contributed by atoms with Gasteiger partial charge in [0.25, 0.3) is 0 Å². The number of nitrogens with one attached hydrogen (secondary N) is 1. The maximum atomic E-state index is 6.07. The van der Waals surface area contributed by atoms with E-state index in [1.807, 2.05) is 6.92 Å². The van der Waals surface area contributed by atoms with Crippen molar-refractivity contribution in [2.75, 3.05) is 13.1 Å². The molecule has 1 aliphatic rings. The van der Waals surface area contributed by atoms with Crippen molar-refractivity contribution in [2.24, 2.45) is 5.92 Å². The minimum Gasteiger partial charge on any atom is -0.317 e. The SMILES string of the molecule is Cc1cc2cc(CC3CCNCC3)ccc2nc1Cl. The molecule has 0 amide bonds. The predicted molar refractivity (Wildman–Crippen MR) is 80.8 cm³/mol. The number of aryl methyl sites for hydroxylation is 1. The molecule has 0 spiro atoms. The van der Waals surface area contributed by atoms with E-state index in [2.05, 4.69) is 34.6 Å². The number of rotatable bonds is 2. The second kappa shape index (κ2) is 5.48. The molecule has 1 aliphatic heterocycles. The maximum Gasteiger partial charge on any atom is 0.132 e.